The zero-order valence-corrected chi connectivity index (χ0v) is 9.28. The van der Waals surface area contributed by atoms with Gasteiger partial charge in [0.2, 0.25) is 0 Å². The largest absolute Gasteiger partial charge is 0.390 e. The molecular formula is C10H14ClFN2O2. The van der Waals surface area contributed by atoms with Crippen LogP contribution in [0.1, 0.15) is 18.1 Å². The van der Waals surface area contributed by atoms with E-state index in [0.29, 0.717) is 0 Å². The first kappa shape index (κ1) is 13.2. The molecule has 0 aliphatic rings. The molecule has 16 heavy (non-hydrogen) atoms. The van der Waals surface area contributed by atoms with E-state index in [1.807, 2.05) is 0 Å². The maximum Gasteiger partial charge on any atom is 0.147 e. The molecule has 0 spiro atoms. The molecule has 0 amide bonds. The normalized spacial score (nSPS) is 14.6. The molecule has 0 aliphatic carbocycles. The quantitative estimate of drug-likeness (QED) is 0.358. The molecular weight excluding hydrogens is 235 g/mol. The van der Waals surface area contributed by atoms with Crippen LogP contribution in [0, 0.1) is 5.82 Å². The molecule has 1 rings (SSSR count). The van der Waals surface area contributed by atoms with Crippen molar-refractivity contribution in [2.75, 3.05) is 11.3 Å². The first-order valence-electron chi connectivity index (χ1n) is 4.78. The Morgan fingerprint density at radius 1 is 1.44 bits per heavy atom. The van der Waals surface area contributed by atoms with Crippen molar-refractivity contribution in [1.82, 2.24) is 0 Å². The zero-order valence-electron chi connectivity index (χ0n) is 8.53. The van der Waals surface area contributed by atoms with E-state index in [-0.39, 0.29) is 23.6 Å². The van der Waals surface area contributed by atoms with Gasteiger partial charge in [-0.3, -0.25) is 5.84 Å². The molecule has 0 fully saturated rings. The standard InChI is InChI=1S/C10H14ClFN2O2/c11-4-3-9(15)10(16)6-1-2-8(14-13)7(12)5-6/h1-2,5,9-10,14-16H,3-4,13H2. The summed E-state index contributed by atoms with van der Waals surface area (Å²) in [6.07, 6.45) is -1.92. The number of benzene rings is 1. The van der Waals surface area contributed by atoms with Gasteiger partial charge in [-0.15, -0.1) is 11.6 Å². The van der Waals surface area contributed by atoms with Crippen molar-refractivity contribution in [3.63, 3.8) is 0 Å². The number of hydrogen-bond acceptors (Lipinski definition) is 4. The maximum atomic E-state index is 13.3. The molecule has 2 atom stereocenters. The second kappa shape index (κ2) is 6.00. The smallest absolute Gasteiger partial charge is 0.147 e. The van der Waals surface area contributed by atoms with Crippen LogP contribution in [0.5, 0.6) is 0 Å². The van der Waals surface area contributed by atoms with E-state index in [1.54, 1.807) is 0 Å². The Morgan fingerprint density at radius 2 is 2.12 bits per heavy atom. The van der Waals surface area contributed by atoms with Gasteiger partial charge >= 0.3 is 0 Å². The molecule has 0 aromatic heterocycles. The molecule has 5 N–H and O–H groups in total. The Morgan fingerprint density at radius 3 is 2.62 bits per heavy atom. The molecule has 0 radical (unpaired) electrons. The maximum absolute atomic E-state index is 13.3. The second-order valence-electron chi connectivity index (χ2n) is 3.37. The number of nitrogen functional groups attached to an aromatic ring is 1. The van der Waals surface area contributed by atoms with Crippen LogP contribution in [-0.2, 0) is 0 Å². The van der Waals surface area contributed by atoms with Crippen molar-refractivity contribution in [3.8, 4) is 0 Å². The average molecular weight is 249 g/mol. The first-order chi connectivity index (χ1) is 7.60. The summed E-state index contributed by atoms with van der Waals surface area (Å²) in [7, 11) is 0. The molecule has 1 aromatic carbocycles. The lowest BCUT2D eigenvalue weighted by Crippen LogP contribution is -2.19. The summed E-state index contributed by atoms with van der Waals surface area (Å²) in [5, 5.41) is 19.2. The topological polar surface area (TPSA) is 78.5 Å². The molecule has 4 nitrogen and oxygen atoms in total. The number of hydrazine groups is 1. The van der Waals surface area contributed by atoms with Gasteiger partial charge in [-0.05, 0) is 24.1 Å². The molecule has 2 unspecified atom stereocenters. The number of aliphatic hydroxyl groups is 2. The van der Waals surface area contributed by atoms with Gasteiger partial charge in [0.1, 0.15) is 11.9 Å². The van der Waals surface area contributed by atoms with Crippen LogP contribution in [0.25, 0.3) is 0 Å². The van der Waals surface area contributed by atoms with Crippen molar-refractivity contribution in [3.05, 3.63) is 29.6 Å². The third-order valence-electron chi connectivity index (χ3n) is 2.26. The van der Waals surface area contributed by atoms with Gasteiger partial charge in [0.15, 0.2) is 0 Å². The molecule has 6 heteroatoms. The lowest BCUT2D eigenvalue weighted by molar-refractivity contribution is 0.0168. The predicted octanol–water partition coefficient (Wildman–Crippen LogP) is 1.13. The van der Waals surface area contributed by atoms with E-state index in [1.165, 1.54) is 12.1 Å². The van der Waals surface area contributed by atoms with Crippen LogP contribution in [0.4, 0.5) is 10.1 Å². The molecule has 0 saturated heterocycles. The Balaban J connectivity index is 2.84. The van der Waals surface area contributed by atoms with Crippen molar-refractivity contribution in [2.24, 2.45) is 5.84 Å². The molecule has 0 heterocycles. The number of hydrogen-bond donors (Lipinski definition) is 4. The minimum atomic E-state index is -1.15. The molecule has 1 aromatic rings. The van der Waals surface area contributed by atoms with Gasteiger partial charge in [0, 0.05) is 5.88 Å². The SMILES string of the molecule is NNc1ccc(C(O)C(O)CCCl)cc1F. The van der Waals surface area contributed by atoms with Gasteiger partial charge in [0.25, 0.3) is 0 Å². The van der Waals surface area contributed by atoms with Gasteiger partial charge in [-0.1, -0.05) is 6.07 Å². The summed E-state index contributed by atoms with van der Waals surface area (Å²) >= 11 is 5.44. The van der Waals surface area contributed by atoms with Crippen LogP contribution in [0.15, 0.2) is 18.2 Å². The Kier molecular flexibility index (Phi) is 4.95. The fraction of sp³-hybridized carbons (Fsp3) is 0.400. The highest BCUT2D eigenvalue weighted by molar-refractivity contribution is 6.17. The lowest BCUT2D eigenvalue weighted by atomic mass is 10.0. The fourth-order valence-electron chi connectivity index (χ4n) is 1.32. The van der Waals surface area contributed by atoms with E-state index in [9.17, 15) is 14.6 Å². The lowest BCUT2D eigenvalue weighted by Gasteiger charge is -2.17. The molecule has 0 saturated carbocycles. The highest BCUT2D eigenvalue weighted by atomic mass is 35.5. The van der Waals surface area contributed by atoms with Gasteiger partial charge in [-0.2, -0.15) is 0 Å². The second-order valence-corrected chi connectivity index (χ2v) is 3.75. The van der Waals surface area contributed by atoms with Crippen molar-refractivity contribution in [2.45, 2.75) is 18.6 Å². The summed E-state index contributed by atoms with van der Waals surface area (Å²) in [5.74, 6) is 4.70. The van der Waals surface area contributed by atoms with Crippen LogP contribution in [0.3, 0.4) is 0 Å². The number of aliphatic hydroxyl groups excluding tert-OH is 2. The highest BCUT2D eigenvalue weighted by Gasteiger charge is 2.18. The molecule has 0 aliphatic heterocycles. The Hall–Kier alpha value is -0.880. The summed E-state index contributed by atoms with van der Waals surface area (Å²) in [6, 6.07) is 4.00. The monoisotopic (exact) mass is 248 g/mol. The minimum absolute atomic E-state index is 0.128. The molecule has 0 bridgehead atoms. The van der Waals surface area contributed by atoms with Gasteiger partial charge < -0.3 is 15.6 Å². The Bertz CT molecular complexity index is 352. The van der Waals surface area contributed by atoms with Gasteiger partial charge in [0.05, 0.1) is 11.8 Å². The number of halogens is 2. The summed E-state index contributed by atoms with van der Waals surface area (Å²) in [6.45, 7) is 0. The number of nitrogens with two attached hydrogens (primary N) is 1. The van der Waals surface area contributed by atoms with Crippen molar-refractivity contribution >= 4 is 17.3 Å². The van der Waals surface area contributed by atoms with Crippen LogP contribution >= 0.6 is 11.6 Å². The van der Waals surface area contributed by atoms with E-state index in [4.69, 9.17) is 17.4 Å². The van der Waals surface area contributed by atoms with Crippen LogP contribution < -0.4 is 11.3 Å². The Labute approximate surface area is 97.8 Å². The van der Waals surface area contributed by atoms with Crippen LogP contribution in [0.2, 0.25) is 0 Å². The van der Waals surface area contributed by atoms with Crippen molar-refractivity contribution in [1.29, 1.82) is 0 Å². The molecule has 90 valence electrons. The van der Waals surface area contributed by atoms with Crippen molar-refractivity contribution < 1.29 is 14.6 Å². The summed E-state index contributed by atoms with van der Waals surface area (Å²) in [5.41, 5.74) is 2.59. The first-order valence-corrected chi connectivity index (χ1v) is 5.31. The van der Waals surface area contributed by atoms with E-state index < -0.39 is 18.0 Å². The third kappa shape index (κ3) is 3.05. The minimum Gasteiger partial charge on any atom is -0.390 e. The third-order valence-corrected chi connectivity index (χ3v) is 2.48. The van der Waals surface area contributed by atoms with Crippen LogP contribution in [-0.4, -0.2) is 22.2 Å². The average Bonchev–Trinajstić information content (AvgIpc) is 2.28. The van der Waals surface area contributed by atoms with E-state index in [2.05, 4.69) is 5.43 Å². The number of nitrogens with one attached hydrogen (secondary N) is 1. The highest BCUT2D eigenvalue weighted by Crippen LogP contribution is 2.23. The zero-order chi connectivity index (χ0) is 12.1. The predicted molar refractivity (Wildman–Crippen MR) is 60.5 cm³/mol. The number of rotatable bonds is 5. The fourth-order valence-corrected chi connectivity index (χ4v) is 1.55. The number of alkyl halides is 1. The summed E-state index contributed by atoms with van der Waals surface area (Å²) in [4.78, 5) is 0. The van der Waals surface area contributed by atoms with E-state index >= 15 is 0 Å². The van der Waals surface area contributed by atoms with E-state index in [0.717, 1.165) is 6.07 Å². The number of anilines is 1. The van der Waals surface area contributed by atoms with Gasteiger partial charge in [-0.25, -0.2) is 4.39 Å². The summed E-state index contributed by atoms with van der Waals surface area (Å²) < 4.78 is 13.3.